The van der Waals surface area contributed by atoms with E-state index in [2.05, 4.69) is 26.6 Å². The summed E-state index contributed by atoms with van der Waals surface area (Å²) in [5.41, 5.74) is 2.87. The smallest absolute Gasteiger partial charge is 0.253 e. The molecule has 0 saturated carbocycles. The normalized spacial score (nSPS) is 11.3. The van der Waals surface area contributed by atoms with Gasteiger partial charge >= 0.3 is 0 Å². The van der Waals surface area contributed by atoms with Crippen LogP contribution in [0.25, 0.3) is 0 Å². The molecule has 0 aliphatic rings. The first kappa shape index (κ1) is 23.2. The molecule has 2 N–H and O–H groups in total. The number of carbonyl (C=O) groups excluding carboxylic acids is 1. The minimum atomic E-state index is -0.0000833. The molecule has 0 aliphatic heterocycles. The van der Waals surface area contributed by atoms with E-state index in [9.17, 15) is 4.79 Å². The van der Waals surface area contributed by atoms with E-state index >= 15 is 0 Å². The Kier molecular flexibility index (Phi) is 9.15. The fourth-order valence-electron chi connectivity index (χ4n) is 2.71. The lowest BCUT2D eigenvalue weighted by Gasteiger charge is -2.14. The molecule has 0 unspecified atom stereocenters. The maximum Gasteiger partial charge on any atom is 0.253 e. The standard InChI is InChI=1S/C23H33N5O2/c1-24-23(25-16-18-9-11-20(12-10-18)22(29)28(4)5)26-17-19-7-6-8-21(15-19)30-14-13-27(2)3/h6-12,15H,13-14,16-17H2,1-5H3,(H2,24,25,26). The molecule has 0 atom stereocenters. The Hall–Kier alpha value is -3.06. The molecule has 0 saturated heterocycles. The fraction of sp³-hybridized carbons (Fsp3) is 0.391. The molecule has 0 aromatic heterocycles. The van der Waals surface area contributed by atoms with Gasteiger partial charge in [-0.25, -0.2) is 0 Å². The molecule has 1 amide bonds. The largest absolute Gasteiger partial charge is 0.492 e. The molecule has 7 nitrogen and oxygen atoms in total. The van der Waals surface area contributed by atoms with Gasteiger partial charge in [0.25, 0.3) is 5.91 Å². The number of benzene rings is 2. The number of nitrogens with one attached hydrogen (secondary N) is 2. The lowest BCUT2D eigenvalue weighted by molar-refractivity contribution is 0.0827. The molecule has 2 rings (SSSR count). The van der Waals surface area contributed by atoms with Crippen molar-refractivity contribution in [3.05, 3.63) is 65.2 Å². The van der Waals surface area contributed by atoms with E-state index < -0.39 is 0 Å². The number of amides is 1. The number of guanidine groups is 1. The summed E-state index contributed by atoms with van der Waals surface area (Å²) in [6.45, 7) is 2.79. The molecule has 2 aromatic carbocycles. The summed E-state index contributed by atoms with van der Waals surface area (Å²) in [5, 5.41) is 6.61. The van der Waals surface area contributed by atoms with Crippen LogP contribution in [0.15, 0.2) is 53.5 Å². The van der Waals surface area contributed by atoms with Crippen LogP contribution < -0.4 is 15.4 Å². The second-order valence-electron chi connectivity index (χ2n) is 7.47. The van der Waals surface area contributed by atoms with Crippen molar-refractivity contribution in [1.29, 1.82) is 0 Å². The third-order valence-corrected chi connectivity index (χ3v) is 4.46. The lowest BCUT2D eigenvalue weighted by Crippen LogP contribution is -2.36. The van der Waals surface area contributed by atoms with Gasteiger partial charge in [-0.3, -0.25) is 9.79 Å². The van der Waals surface area contributed by atoms with Crippen LogP contribution in [-0.4, -0.2) is 70.1 Å². The number of hydrogen-bond acceptors (Lipinski definition) is 4. The van der Waals surface area contributed by atoms with Gasteiger partial charge in [-0.05, 0) is 49.5 Å². The van der Waals surface area contributed by atoms with Gasteiger partial charge < -0.3 is 25.2 Å². The van der Waals surface area contributed by atoms with E-state index in [1.807, 2.05) is 56.6 Å². The van der Waals surface area contributed by atoms with E-state index in [1.165, 1.54) is 0 Å². The van der Waals surface area contributed by atoms with Gasteiger partial charge in [0, 0.05) is 46.3 Å². The zero-order valence-electron chi connectivity index (χ0n) is 18.6. The highest BCUT2D eigenvalue weighted by atomic mass is 16.5. The monoisotopic (exact) mass is 411 g/mol. The highest BCUT2D eigenvalue weighted by Crippen LogP contribution is 2.13. The van der Waals surface area contributed by atoms with Crippen molar-refractivity contribution in [2.75, 3.05) is 48.4 Å². The number of hydrogen-bond donors (Lipinski definition) is 2. The molecule has 30 heavy (non-hydrogen) atoms. The first-order chi connectivity index (χ1) is 14.4. The van der Waals surface area contributed by atoms with Gasteiger partial charge in [0.1, 0.15) is 12.4 Å². The zero-order valence-corrected chi connectivity index (χ0v) is 18.6. The van der Waals surface area contributed by atoms with Crippen LogP contribution >= 0.6 is 0 Å². The fourth-order valence-corrected chi connectivity index (χ4v) is 2.71. The van der Waals surface area contributed by atoms with Crippen molar-refractivity contribution in [3.63, 3.8) is 0 Å². The first-order valence-electron chi connectivity index (χ1n) is 10.0. The summed E-state index contributed by atoms with van der Waals surface area (Å²) in [6.07, 6.45) is 0. The van der Waals surface area contributed by atoms with Gasteiger partial charge in [-0.1, -0.05) is 24.3 Å². The van der Waals surface area contributed by atoms with E-state index in [0.29, 0.717) is 31.2 Å². The third-order valence-electron chi connectivity index (χ3n) is 4.46. The van der Waals surface area contributed by atoms with Gasteiger partial charge in [-0.2, -0.15) is 0 Å². The quantitative estimate of drug-likeness (QED) is 0.489. The number of rotatable bonds is 9. The molecule has 0 bridgehead atoms. The summed E-state index contributed by atoms with van der Waals surface area (Å²) < 4.78 is 5.79. The summed E-state index contributed by atoms with van der Waals surface area (Å²) in [6, 6.07) is 15.6. The molecule has 2 aromatic rings. The summed E-state index contributed by atoms with van der Waals surface area (Å²) >= 11 is 0. The highest BCUT2D eigenvalue weighted by molar-refractivity contribution is 5.93. The van der Waals surface area contributed by atoms with Crippen molar-refractivity contribution < 1.29 is 9.53 Å². The molecule has 0 spiro atoms. The zero-order chi connectivity index (χ0) is 21.9. The second kappa shape index (κ2) is 11.8. The molecular weight excluding hydrogens is 378 g/mol. The molecular formula is C23H33N5O2. The van der Waals surface area contributed by atoms with Crippen molar-refractivity contribution >= 4 is 11.9 Å². The molecule has 162 valence electrons. The summed E-state index contributed by atoms with van der Waals surface area (Å²) in [4.78, 5) is 19.9. The Morgan fingerprint density at radius 2 is 1.63 bits per heavy atom. The van der Waals surface area contributed by atoms with Crippen LogP contribution in [0.2, 0.25) is 0 Å². The summed E-state index contributed by atoms with van der Waals surface area (Å²) in [5.74, 6) is 1.58. The van der Waals surface area contributed by atoms with Crippen molar-refractivity contribution in [1.82, 2.24) is 20.4 Å². The highest BCUT2D eigenvalue weighted by Gasteiger charge is 2.07. The Balaban J connectivity index is 1.83. The Labute approximate surface area is 179 Å². The van der Waals surface area contributed by atoms with Crippen molar-refractivity contribution in [3.8, 4) is 5.75 Å². The Bertz CT molecular complexity index is 832. The third kappa shape index (κ3) is 7.75. The van der Waals surface area contributed by atoms with E-state index in [1.54, 1.807) is 26.0 Å². The van der Waals surface area contributed by atoms with Gasteiger partial charge in [-0.15, -0.1) is 0 Å². The van der Waals surface area contributed by atoms with Gasteiger partial charge in [0.15, 0.2) is 5.96 Å². The maximum atomic E-state index is 12.0. The number of aliphatic imine (C=N–C) groups is 1. The van der Waals surface area contributed by atoms with Crippen LogP contribution in [-0.2, 0) is 13.1 Å². The van der Waals surface area contributed by atoms with Crippen LogP contribution in [0.4, 0.5) is 0 Å². The maximum absolute atomic E-state index is 12.0. The minimum Gasteiger partial charge on any atom is -0.492 e. The number of ether oxygens (including phenoxy) is 1. The van der Waals surface area contributed by atoms with Gasteiger partial charge in [0.2, 0.25) is 0 Å². The SMILES string of the molecule is CN=C(NCc1ccc(C(=O)N(C)C)cc1)NCc1cccc(OCCN(C)C)c1. The number of likely N-dealkylation sites (N-methyl/N-ethyl adjacent to an activating group) is 1. The topological polar surface area (TPSA) is 69.2 Å². The first-order valence-corrected chi connectivity index (χ1v) is 10.0. The molecule has 7 heteroatoms. The molecule has 0 fully saturated rings. The molecule has 0 radical (unpaired) electrons. The average molecular weight is 412 g/mol. The summed E-state index contributed by atoms with van der Waals surface area (Å²) in [7, 11) is 9.30. The predicted molar refractivity (Wildman–Crippen MR) is 122 cm³/mol. The lowest BCUT2D eigenvalue weighted by atomic mass is 10.1. The van der Waals surface area contributed by atoms with Crippen molar-refractivity contribution in [2.45, 2.75) is 13.1 Å². The van der Waals surface area contributed by atoms with Crippen molar-refractivity contribution in [2.24, 2.45) is 4.99 Å². The minimum absolute atomic E-state index is 0.0000833. The van der Waals surface area contributed by atoms with Crippen LogP contribution in [0.1, 0.15) is 21.5 Å². The van der Waals surface area contributed by atoms with Gasteiger partial charge in [0.05, 0.1) is 0 Å². The molecule has 0 heterocycles. The van der Waals surface area contributed by atoms with E-state index in [-0.39, 0.29) is 5.91 Å². The Morgan fingerprint density at radius 1 is 0.967 bits per heavy atom. The Morgan fingerprint density at radius 3 is 2.23 bits per heavy atom. The number of nitrogens with zero attached hydrogens (tertiary/aromatic N) is 3. The van der Waals surface area contributed by atoms with E-state index in [4.69, 9.17) is 4.74 Å². The van der Waals surface area contributed by atoms with Crippen LogP contribution in [0, 0.1) is 0 Å². The number of carbonyl (C=O) groups is 1. The van der Waals surface area contributed by atoms with Crippen LogP contribution in [0.3, 0.4) is 0 Å². The second-order valence-corrected chi connectivity index (χ2v) is 7.47. The predicted octanol–water partition coefficient (Wildman–Crippen LogP) is 2.19. The van der Waals surface area contributed by atoms with Crippen LogP contribution in [0.5, 0.6) is 5.75 Å². The average Bonchev–Trinajstić information content (AvgIpc) is 2.73. The van der Waals surface area contributed by atoms with E-state index in [0.717, 1.165) is 23.4 Å². The molecule has 0 aliphatic carbocycles.